The van der Waals surface area contributed by atoms with Crippen molar-refractivity contribution < 1.29 is 19.1 Å². The summed E-state index contributed by atoms with van der Waals surface area (Å²) in [5, 5.41) is 13.3. The van der Waals surface area contributed by atoms with Crippen LogP contribution in [-0.4, -0.2) is 28.3 Å². The molecule has 1 saturated heterocycles. The molecule has 0 spiro atoms. The summed E-state index contributed by atoms with van der Waals surface area (Å²) in [7, 11) is 1.63. The molecule has 1 aliphatic heterocycles. The first-order valence-corrected chi connectivity index (χ1v) is 11.5. The highest BCUT2D eigenvalue weighted by Crippen LogP contribution is 2.43. The molecule has 3 heterocycles. The molecule has 0 saturated carbocycles. The van der Waals surface area contributed by atoms with Gasteiger partial charge in [-0.1, -0.05) is 18.2 Å². The maximum Gasteiger partial charge on any atom is 0.335 e. The molecule has 176 valence electrons. The molecule has 2 N–H and O–H groups in total. The van der Waals surface area contributed by atoms with Crippen molar-refractivity contribution in [2.75, 3.05) is 12.0 Å². The van der Waals surface area contributed by atoms with Gasteiger partial charge in [-0.05, 0) is 73.2 Å². The number of aromatic carboxylic acids is 1. The highest BCUT2D eigenvalue weighted by molar-refractivity contribution is 7.80. The molecule has 7 nitrogen and oxygen atoms in total. The fourth-order valence-corrected chi connectivity index (χ4v) is 4.76. The number of hydrogen-bond acceptors (Lipinski definition) is 5. The molecule has 2 aromatic heterocycles. The summed E-state index contributed by atoms with van der Waals surface area (Å²) in [5.74, 6) is 1.11. The zero-order valence-electron chi connectivity index (χ0n) is 19.1. The van der Waals surface area contributed by atoms with E-state index >= 15 is 0 Å². The normalized spacial score (nSPS) is 17.3. The number of ether oxygens (including phenoxy) is 1. The van der Waals surface area contributed by atoms with Crippen molar-refractivity contribution in [1.82, 2.24) is 10.3 Å². The number of benzene rings is 2. The van der Waals surface area contributed by atoms with Gasteiger partial charge in [-0.2, -0.15) is 0 Å². The summed E-state index contributed by atoms with van der Waals surface area (Å²) in [6.07, 6.45) is 1.76. The predicted molar refractivity (Wildman–Crippen MR) is 137 cm³/mol. The molecule has 1 aliphatic rings. The Labute approximate surface area is 208 Å². The monoisotopic (exact) mass is 485 g/mol. The molecular formula is C27H23N3O4S. The van der Waals surface area contributed by atoms with Crippen LogP contribution in [-0.2, 0) is 0 Å². The van der Waals surface area contributed by atoms with E-state index in [1.165, 1.54) is 0 Å². The minimum atomic E-state index is -0.961. The van der Waals surface area contributed by atoms with E-state index in [-0.39, 0.29) is 17.6 Å². The van der Waals surface area contributed by atoms with Gasteiger partial charge in [0, 0.05) is 23.5 Å². The summed E-state index contributed by atoms with van der Waals surface area (Å²) < 4.78 is 11.8. The maximum absolute atomic E-state index is 11.3. The number of methoxy groups -OCH3 is 1. The lowest BCUT2D eigenvalue weighted by atomic mass is 10.0. The molecule has 2 aromatic carbocycles. The summed E-state index contributed by atoms with van der Waals surface area (Å²) in [6.45, 7) is 1.87. The van der Waals surface area contributed by atoms with Gasteiger partial charge in [0.15, 0.2) is 5.11 Å². The van der Waals surface area contributed by atoms with Crippen LogP contribution in [0.2, 0.25) is 0 Å². The van der Waals surface area contributed by atoms with Crippen molar-refractivity contribution in [2.24, 2.45) is 0 Å². The molecule has 1 fully saturated rings. The number of furan rings is 1. The van der Waals surface area contributed by atoms with Gasteiger partial charge in [-0.3, -0.25) is 4.98 Å². The molecule has 0 bridgehead atoms. The van der Waals surface area contributed by atoms with E-state index in [9.17, 15) is 9.90 Å². The number of carbonyl (C=O) groups is 1. The van der Waals surface area contributed by atoms with E-state index in [1.807, 2.05) is 66.4 Å². The van der Waals surface area contributed by atoms with Gasteiger partial charge in [0.1, 0.15) is 23.3 Å². The minimum absolute atomic E-state index is 0.239. The summed E-state index contributed by atoms with van der Waals surface area (Å²) in [4.78, 5) is 17.9. The first-order valence-electron chi connectivity index (χ1n) is 11.0. The maximum atomic E-state index is 11.3. The van der Waals surface area contributed by atoms with E-state index in [0.29, 0.717) is 16.6 Å². The number of aryl methyl sites for hydroxylation is 1. The molecule has 2 atom stereocenters. The lowest BCUT2D eigenvalue weighted by molar-refractivity contribution is 0.0696. The Kier molecular flexibility index (Phi) is 5.96. The van der Waals surface area contributed by atoms with E-state index in [4.69, 9.17) is 21.4 Å². The average molecular weight is 486 g/mol. The van der Waals surface area contributed by atoms with Gasteiger partial charge in [0.2, 0.25) is 0 Å². The summed E-state index contributed by atoms with van der Waals surface area (Å²) in [5.41, 5.74) is 3.59. The first-order chi connectivity index (χ1) is 17.0. The molecule has 4 aromatic rings. The molecular weight excluding hydrogens is 462 g/mol. The quantitative estimate of drug-likeness (QED) is 0.345. The number of nitrogens with zero attached hydrogens (tertiary/aromatic N) is 2. The van der Waals surface area contributed by atoms with Crippen molar-refractivity contribution in [3.63, 3.8) is 0 Å². The molecule has 35 heavy (non-hydrogen) atoms. The van der Waals surface area contributed by atoms with Crippen molar-refractivity contribution in [3.05, 3.63) is 102 Å². The van der Waals surface area contributed by atoms with Crippen LogP contribution in [0.1, 0.15) is 39.5 Å². The third kappa shape index (κ3) is 4.24. The topological polar surface area (TPSA) is 87.8 Å². The van der Waals surface area contributed by atoms with Crippen molar-refractivity contribution >= 4 is 29.0 Å². The van der Waals surface area contributed by atoms with Gasteiger partial charge in [0.25, 0.3) is 0 Å². The second-order valence-corrected chi connectivity index (χ2v) is 8.62. The zero-order valence-corrected chi connectivity index (χ0v) is 20.0. The van der Waals surface area contributed by atoms with Crippen LogP contribution in [0.15, 0.2) is 83.4 Å². The molecule has 0 unspecified atom stereocenters. The van der Waals surface area contributed by atoms with Gasteiger partial charge < -0.3 is 24.5 Å². The largest absolute Gasteiger partial charge is 0.497 e. The second-order valence-electron chi connectivity index (χ2n) is 8.23. The highest BCUT2D eigenvalue weighted by atomic mass is 32.1. The molecule has 0 radical (unpaired) electrons. The molecule has 5 rings (SSSR count). The number of nitrogens with one attached hydrogen (secondary N) is 1. The van der Waals surface area contributed by atoms with E-state index < -0.39 is 5.97 Å². The Bertz CT molecular complexity index is 1400. The van der Waals surface area contributed by atoms with Gasteiger partial charge in [-0.25, -0.2) is 4.79 Å². The number of thiocarbonyl (C=S) groups is 1. The van der Waals surface area contributed by atoms with Crippen LogP contribution in [0.5, 0.6) is 5.75 Å². The van der Waals surface area contributed by atoms with E-state index in [0.717, 1.165) is 28.3 Å². The molecule has 0 amide bonds. The molecule has 8 heteroatoms. The Balaban J connectivity index is 1.59. The SMILES string of the molecule is COc1cccc(N2C(=S)N[C@@H](c3ccccn3)[C@H]2c2ccc(-c3ccc(C(=O)O)cc3C)o2)c1. The van der Waals surface area contributed by atoms with Crippen LogP contribution < -0.4 is 15.0 Å². The fourth-order valence-electron chi connectivity index (χ4n) is 4.41. The number of hydrogen-bond donors (Lipinski definition) is 2. The minimum Gasteiger partial charge on any atom is -0.497 e. The number of carboxylic acid groups (broad SMARTS) is 1. The Morgan fingerprint density at radius 3 is 2.69 bits per heavy atom. The van der Waals surface area contributed by atoms with Crippen LogP contribution in [0.4, 0.5) is 5.69 Å². The average Bonchev–Trinajstić information content (AvgIpc) is 3.49. The number of pyridine rings is 1. The van der Waals surface area contributed by atoms with Crippen LogP contribution in [0, 0.1) is 6.92 Å². The third-order valence-electron chi connectivity index (χ3n) is 6.09. The Morgan fingerprint density at radius 2 is 1.97 bits per heavy atom. The number of anilines is 1. The summed E-state index contributed by atoms with van der Waals surface area (Å²) in [6, 6.07) is 21.8. The van der Waals surface area contributed by atoms with Crippen LogP contribution in [0.3, 0.4) is 0 Å². The lowest BCUT2D eigenvalue weighted by Gasteiger charge is -2.26. The van der Waals surface area contributed by atoms with Crippen molar-refractivity contribution in [2.45, 2.75) is 19.0 Å². The van der Waals surface area contributed by atoms with Crippen LogP contribution in [0.25, 0.3) is 11.3 Å². The second kappa shape index (κ2) is 9.23. The number of rotatable bonds is 6. The van der Waals surface area contributed by atoms with Crippen LogP contribution >= 0.6 is 12.2 Å². The zero-order chi connectivity index (χ0) is 24.5. The predicted octanol–water partition coefficient (Wildman–Crippen LogP) is 5.53. The first kappa shape index (κ1) is 22.6. The van der Waals surface area contributed by atoms with Crippen molar-refractivity contribution in [1.29, 1.82) is 0 Å². The van der Waals surface area contributed by atoms with Gasteiger partial charge in [-0.15, -0.1) is 0 Å². The van der Waals surface area contributed by atoms with Gasteiger partial charge in [0.05, 0.1) is 24.4 Å². The van der Waals surface area contributed by atoms with E-state index in [2.05, 4.69) is 10.3 Å². The third-order valence-corrected chi connectivity index (χ3v) is 6.40. The number of carboxylic acids is 1. The smallest absolute Gasteiger partial charge is 0.335 e. The lowest BCUT2D eigenvalue weighted by Crippen LogP contribution is -2.29. The molecule has 0 aliphatic carbocycles. The standard InChI is InChI=1S/C27H23N3O4S/c1-16-14-17(26(31)32)9-10-20(16)22-11-12-23(34-22)25-24(21-8-3-4-13-28-21)29-27(35)30(25)18-6-5-7-19(15-18)33-2/h3-15,24-25H,1-2H3,(H,29,35)(H,31,32)/t24-,25+/m0/s1. The van der Waals surface area contributed by atoms with E-state index in [1.54, 1.807) is 31.5 Å². The summed E-state index contributed by atoms with van der Waals surface area (Å²) >= 11 is 5.76. The van der Waals surface area contributed by atoms with Gasteiger partial charge >= 0.3 is 5.97 Å². The Hall–Kier alpha value is -4.17. The highest BCUT2D eigenvalue weighted by Gasteiger charge is 2.42. The number of aromatic nitrogens is 1. The van der Waals surface area contributed by atoms with Crippen molar-refractivity contribution in [3.8, 4) is 17.1 Å². The Morgan fingerprint density at radius 1 is 1.11 bits per heavy atom. The fraction of sp³-hybridized carbons (Fsp3) is 0.148.